The van der Waals surface area contributed by atoms with Gasteiger partial charge in [0.1, 0.15) is 17.2 Å². The average molecular weight is 303 g/mol. The smallest absolute Gasteiger partial charge is 0.253 e. The molecule has 22 heavy (non-hydrogen) atoms. The van der Waals surface area contributed by atoms with Crippen molar-refractivity contribution < 1.29 is 14.3 Å². The molecule has 3 rings (SSSR count). The SMILES string of the molecule is Cn1ccnc1C1(O)CCN(C(=O)c2cccc(F)c2)CC1. The van der Waals surface area contributed by atoms with E-state index in [1.807, 2.05) is 7.05 Å². The molecule has 2 heterocycles. The summed E-state index contributed by atoms with van der Waals surface area (Å²) < 4.78 is 15.0. The summed E-state index contributed by atoms with van der Waals surface area (Å²) in [5.74, 6) is -0.0147. The number of rotatable bonds is 2. The monoisotopic (exact) mass is 303 g/mol. The first kappa shape index (κ1) is 14.7. The van der Waals surface area contributed by atoms with Crippen molar-refractivity contribution in [2.24, 2.45) is 7.05 Å². The number of benzene rings is 1. The Labute approximate surface area is 128 Å². The number of likely N-dealkylation sites (tertiary alicyclic amines) is 1. The number of halogens is 1. The molecule has 1 amide bonds. The van der Waals surface area contributed by atoms with E-state index < -0.39 is 11.4 Å². The Balaban J connectivity index is 1.72. The summed E-state index contributed by atoms with van der Waals surface area (Å²) in [6.07, 6.45) is 4.27. The van der Waals surface area contributed by atoms with Crippen molar-refractivity contribution in [3.05, 3.63) is 53.9 Å². The van der Waals surface area contributed by atoms with Gasteiger partial charge in [0.25, 0.3) is 5.91 Å². The molecule has 0 saturated carbocycles. The molecule has 0 spiro atoms. The van der Waals surface area contributed by atoms with Crippen molar-refractivity contribution in [1.82, 2.24) is 14.5 Å². The van der Waals surface area contributed by atoms with E-state index in [9.17, 15) is 14.3 Å². The maximum atomic E-state index is 13.2. The predicted octanol–water partition coefficient (Wildman–Crippen LogP) is 1.68. The number of amides is 1. The van der Waals surface area contributed by atoms with Crippen molar-refractivity contribution >= 4 is 5.91 Å². The first-order valence-corrected chi connectivity index (χ1v) is 7.25. The van der Waals surface area contributed by atoms with E-state index in [-0.39, 0.29) is 5.91 Å². The number of piperidine rings is 1. The van der Waals surface area contributed by atoms with Crippen LogP contribution < -0.4 is 0 Å². The minimum absolute atomic E-state index is 0.207. The van der Waals surface area contributed by atoms with Gasteiger partial charge in [-0.2, -0.15) is 0 Å². The maximum Gasteiger partial charge on any atom is 0.253 e. The highest BCUT2D eigenvalue weighted by molar-refractivity contribution is 5.94. The maximum absolute atomic E-state index is 13.2. The lowest BCUT2D eigenvalue weighted by atomic mass is 9.90. The van der Waals surface area contributed by atoms with Gasteiger partial charge < -0.3 is 14.6 Å². The van der Waals surface area contributed by atoms with Crippen LogP contribution >= 0.6 is 0 Å². The highest BCUT2D eigenvalue weighted by atomic mass is 19.1. The van der Waals surface area contributed by atoms with Crippen molar-refractivity contribution in [2.75, 3.05) is 13.1 Å². The summed E-state index contributed by atoms with van der Waals surface area (Å²) in [5.41, 5.74) is -0.681. The molecule has 2 aromatic rings. The molecule has 1 aromatic heterocycles. The molecule has 1 aliphatic heterocycles. The van der Waals surface area contributed by atoms with Crippen molar-refractivity contribution in [1.29, 1.82) is 0 Å². The van der Waals surface area contributed by atoms with E-state index in [0.29, 0.717) is 37.3 Å². The zero-order chi connectivity index (χ0) is 15.7. The lowest BCUT2D eigenvalue weighted by Crippen LogP contribution is -2.46. The summed E-state index contributed by atoms with van der Waals surface area (Å²) in [6.45, 7) is 0.831. The first-order chi connectivity index (χ1) is 10.5. The van der Waals surface area contributed by atoms with E-state index in [2.05, 4.69) is 4.98 Å². The number of carbonyl (C=O) groups is 1. The van der Waals surface area contributed by atoms with Crippen LogP contribution in [0, 0.1) is 5.82 Å². The van der Waals surface area contributed by atoms with Crippen LogP contribution in [0.1, 0.15) is 29.0 Å². The Kier molecular flexibility index (Phi) is 3.70. The first-order valence-electron chi connectivity index (χ1n) is 7.25. The second-order valence-corrected chi connectivity index (χ2v) is 5.70. The van der Waals surface area contributed by atoms with Gasteiger partial charge in [0.2, 0.25) is 0 Å². The molecular weight excluding hydrogens is 285 g/mol. The standard InChI is InChI=1S/C16H18FN3O2/c1-19-10-7-18-15(19)16(22)5-8-20(9-6-16)14(21)12-3-2-4-13(17)11-12/h2-4,7,10-11,22H,5-6,8-9H2,1H3. The molecule has 6 heteroatoms. The Morgan fingerprint density at radius 3 is 2.68 bits per heavy atom. The normalized spacial score (nSPS) is 17.5. The summed E-state index contributed by atoms with van der Waals surface area (Å²) in [7, 11) is 1.84. The molecule has 1 fully saturated rings. The molecule has 1 saturated heterocycles. The molecule has 0 atom stereocenters. The van der Waals surface area contributed by atoms with E-state index >= 15 is 0 Å². The molecule has 1 aromatic carbocycles. The number of hydrogen-bond donors (Lipinski definition) is 1. The Hall–Kier alpha value is -2.21. The number of carbonyl (C=O) groups excluding carboxylic acids is 1. The number of aliphatic hydroxyl groups is 1. The molecule has 0 unspecified atom stereocenters. The summed E-state index contributed by atoms with van der Waals surface area (Å²) in [6, 6.07) is 5.68. The number of nitrogens with zero attached hydrogens (tertiary/aromatic N) is 3. The molecule has 0 aliphatic carbocycles. The largest absolute Gasteiger partial charge is 0.382 e. The highest BCUT2D eigenvalue weighted by Gasteiger charge is 2.38. The lowest BCUT2D eigenvalue weighted by molar-refractivity contribution is -0.0298. The van der Waals surface area contributed by atoms with E-state index in [0.717, 1.165) is 0 Å². The Morgan fingerprint density at radius 1 is 1.36 bits per heavy atom. The van der Waals surface area contributed by atoms with Crippen LogP contribution in [-0.2, 0) is 12.6 Å². The Bertz CT molecular complexity index is 690. The Morgan fingerprint density at radius 2 is 2.09 bits per heavy atom. The van der Waals surface area contributed by atoms with Crippen LogP contribution in [0.25, 0.3) is 0 Å². The minimum atomic E-state index is -1.02. The van der Waals surface area contributed by atoms with Gasteiger partial charge in [-0.15, -0.1) is 0 Å². The van der Waals surface area contributed by atoms with Gasteiger partial charge >= 0.3 is 0 Å². The second kappa shape index (κ2) is 5.53. The van der Waals surface area contributed by atoms with Gasteiger partial charge in [0.15, 0.2) is 0 Å². The predicted molar refractivity (Wildman–Crippen MR) is 78.6 cm³/mol. The van der Waals surface area contributed by atoms with Gasteiger partial charge in [-0.25, -0.2) is 9.37 Å². The van der Waals surface area contributed by atoms with Crippen LogP contribution in [0.2, 0.25) is 0 Å². The summed E-state index contributed by atoms with van der Waals surface area (Å²) >= 11 is 0. The van der Waals surface area contributed by atoms with E-state index in [4.69, 9.17) is 0 Å². The second-order valence-electron chi connectivity index (χ2n) is 5.70. The van der Waals surface area contributed by atoms with Crippen LogP contribution in [0.5, 0.6) is 0 Å². The van der Waals surface area contributed by atoms with Gasteiger partial charge in [-0.05, 0) is 18.2 Å². The number of aromatic nitrogens is 2. The molecule has 1 aliphatic rings. The molecule has 5 nitrogen and oxygen atoms in total. The fourth-order valence-electron chi connectivity index (χ4n) is 2.92. The molecular formula is C16H18FN3O2. The van der Waals surface area contributed by atoms with E-state index in [1.54, 1.807) is 27.9 Å². The summed E-state index contributed by atoms with van der Waals surface area (Å²) in [4.78, 5) is 18.2. The summed E-state index contributed by atoms with van der Waals surface area (Å²) in [5, 5.41) is 10.7. The van der Waals surface area contributed by atoms with Gasteiger partial charge in [-0.1, -0.05) is 6.07 Å². The molecule has 0 radical (unpaired) electrons. The quantitative estimate of drug-likeness (QED) is 0.918. The zero-order valence-corrected chi connectivity index (χ0v) is 12.4. The number of imidazole rings is 1. The van der Waals surface area contributed by atoms with Crippen molar-refractivity contribution in [3.8, 4) is 0 Å². The van der Waals surface area contributed by atoms with Crippen molar-refractivity contribution in [3.63, 3.8) is 0 Å². The third kappa shape index (κ3) is 2.62. The van der Waals surface area contributed by atoms with Crippen molar-refractivity contribution in [2.45, 2.75) is 18.4 Å². The lowest BCUT2D eigenvalue weighted by Gasteiger charge is -2.37. The zero-order valence-electron chi connectivity index (χ0n) is 12.4. The number of hydrogen-bond acceptors (Lipinski definition) is 3. The fourth-order valence-corrected chi connectivity index (χ4v) is 2.92. The van der Waals surface area contributed by atoms with Gasteiger partial charge in [0, 0.05) is 50.9 Å². The van der Waals surface area contributed by atoms with Gasteiger partial charge in [-0.3, -0.25) is 4.79 Å². The minimum Gasteiger partial charge on any atom is -0.382 e. The van der Waals surface area contributed by atoms with Crippen LogP contribution in [0.3, 0.4) is 0 Å². The van der Waals surface area contributed by atoms with Crippen LogP contribution in [-0.4, -0.2) is 38.6 Å². The highest BCUT2D eigenvalue weighted by Crippen LogP contribution is 2.31. The fraction of sp³-hybridized carbons (Fsp3) is 0.375. The number of aryl methyl sites for hydroxylation is 1. The van der Waals surface area contributed by atoms with Crippen LogP contribution in [0.15, 0.2) is 36.7 Å². The molecule has 1 N–H and O–H groups in total. The van der Waals surface area contributed by atoms with Crippen LogP contribution in [0.4, 0.5) is 4.39 Å². The van der Waals surface area contributed by atoms with Gasteiger partial charge in [0.05, 0.1) is 0 Å². The molecule has 116 valence electrons. The third-order valence-electron chi connectivity index (χ3n) is 4.19. The van der Waals surface area contributed by atoms with E-state index in [1.165, 1.54) is 18.2 Å². The third-order valence-corrected chi connectivity index (χ3v) is 4.19. The molecule has 0 bridgehead atoms. The average Bonchev–Trinajstić information content (AvgIpc) is 2.94. The topological polar surface area (TPSA) is 58.4 Å².